The second-order valence-corrected chi connectivity index (χ2v) is 12.7. The molecule has 1 heterocycles. The largest absolute Gasteiger partial charge is 0.309 e. The van der Waals surface area contributed by atoms with E-state index in [4.69, 9.17) is 11.6 Å². The zero-order chi connectivity index (χ0) is 29.5. The van der Waals surface area contributed by atoms with Crippen LogP contribution in [0.4, 0.5) is 0 Å². The van der Waals surface area contributed by atoms with E-state index >= 15 is 0 Å². The molecular formula is C38H41Cl3N2S. The van der Waals surface area contributed by atoms with Gasteiger partial charge in [0.1, 0.15) is 0 Å². The molecule has 0 unspecified atom stereocenters. The summed E-state index contributed by atoms with van der Waals surface area (Å²) in [7, 11) is 8.45. The fourth-order valence-corrected chi connectivity index (χ4v) is 6.58. The second kappa shape index (κ2) is 17.1. The van der Waals surface area contributed by atoms with Crippen molar-refractivity contribution in [3.8, 4) is 0 Å². The van der Waals surface area contributed by atoms with Gasteiger partial charge in [0.2, 0.25) is 0 Å². The molecule has 0 aromatic heterocycles. The number of nitrogens with zero attached hydrogens (tertiary/aromatic N) is 2. The summed E-state index contributed by atoms with van der Waals surface area (Å²) in [4.78, 5) is 7.04. The SMILES string of the molecule is CN(C)CCC=C1c2ccccc2C=Cc2ccccc21.CN(C)CCC=C1c2ccccc2Sc2ccc(Cl)cc21.Cl.Cl. The van der Waals surface area contributed by atoms with Gasteiger partial charge in [0.25, 0.3) is 0 Å². The molecule has 0 radical (unpaired) electrons. The minimum absolute atomic E-state index is 0. The molecule has 1 aliphatic carbocycles. The summed E-state index contributed by atoms with van der Waals surface area (Å²) in [6, 6.07) is 32.1. The maximum absolute atomic E-state index is 6.21. The topological polar surface area (TPSA) is 6.48 Å². The fourth-order valence-electron chi connectivity index (χ4n) is 5.32. The van der Waals surface area contributed by atoms with E-state index in [9.17, 15) is 0 Å². The highest BCUT2D eigenvalue weighted by atomic mass is 35.5. The number of benzene rings is 4. The number of hydrogen-bond acceptors (Lipinski definition) is 3. The molecule has 4 aromatic rings. The molecule has 0 amide bonds. The highest BCUT2D eigenvalue weighted by Crippen LogP contribution is 2.46. The first-order chi connectivity index (χ1) is 20.4. The van der Waals surface area contributed by atoms with Crippen molar-refractivity contribution in [3.63, 3.8) is 0 Å². The standard InChI is InChI=1S/C20H21N.C18H18ClNS.2ClH/c1-21(2)15-7-12-20-18-10-5-3-8-16(18)13-14-17-9-4-6-11-19(17)20;1-20(2)11-5-7-14-15-6-3-4-8-17(15)21-18-10-9-13(19)12-16(14)18;;/h3-6,8-14H,7,15H2,1-2H3;3-4,6-10,12H,5,11H2,1-2H3;2*1H. The summed E-state index contributed by atoms with van der Waals surface area (Å²) in [6.07, 6.45) is 11.3. The van der Waals surface area contributed by atoms with E-state index in [1.54, 1.807) is 0 Å². The smallest absolute Gasteiger partial charge is 0.0412 e. The minimum atomic E-state index is 0. The number of fused-ring (bicyclic) bond motifs is 4. The van der Waals surface area contributed by atoms with Crippen LogP contribution in [0.1, 0.15) is 46.2 Å². The van der Waals surface area contributed by atoms with Crippen LogP contribution in [-0.4, -0.2) is 51.1 Å². The number of halogens is 3. The van der Waals surface area contributed by atoms with Crippen molar-refractivity contribution >= 4 is 71.5 Å². The van der Waals surface area contributed by atoms with Crippen molar-refractivity contribution in [1.82, 2.24) is 9.80 Å². The molecule has 4 aromatic carbocycles. The minimum Gasteiger partial charge on any atom is -0.309 e. The first-order valence-corrected chi connectivity index (χ1v) is 15.7. The van der Waals surface area contributed by atoms with Gasteiger partial charge in [-0.05, 0) is 110 Å². The Morgan fingerprint density at radius 2 is 1.02 bits per heavy atom. The Hall–Kier alpha value is -2.76. The molecule has 6 rings (SSSR count). The first-order valence-electron chi connectivity index (χ1n) is 14.5. The zero-order valence-electron chi connectivity index (χ0n) is 25.8. The lowest BCUT2D eigenvalue weighted by atomic mass is 9.93. The van der Waals surface area contributed by atoms with Gasteiger partial charge < -0.3 is 9.80 Å². The van der Waals surface area contributed by atoms with Gasteiger partial charge in [-0.3, -0.25) is 0 Å². The third-order valence-corrected chi connectivity index (χ3v) is 8.81. The van der Waals surface area contributed by atoms with Crippen molar-refractivity contribution in [2.75, 3.05) is 41.3 Å². The normalized spacial score (nSPS) is 13.3. The average molecular weight is 664 g/mol. The lowest BCUT2D eigenvalue weighted by Gasteiger charge is -2.22. The van der Waals surface area contributed by atoms with Crippen LogP contribution >= 0.6 is 48.2 Å². The molecular weight excluding hydrogens is 623 g/mol. The Kier molecular flexibility index (Phi) is 13.9. The van der Waals surface area contributed by atoms with Gasteiger partial charge in [-0.15, -0.1) is 24.8 Å². The quantitative estimate of drug-likeness (QED) is 0.175. The predicted octanol–water partition coefficient (Wildman–Crippen LogP) is 10.6. The molecule has 0 fully saturated rings. The van der Waals surface area contributed by atoms with Gasteiger partial charge in [-0.25, -0.2) is 0 Å². The molecule has 0 bridgehead atoms. The Morgan fingerprint density at radius 1 is 0.568 bits per heavy atom. The molecule has 0 N–H and O–H groups in total. The van der Waals surface area contributed by atoms with Crippen molar-refractivity contribution < 1.29 is 0 Å². The molecule has 2 aliphatic rings. The highest BCUT2D eigenvalue weighted by molar-refractivity contribution is 7.99. The van der Waals surface area contributed by atoms with E-state index in [0.717, 1.165) is 31.0 Å². The number of hydrogen-bond donors (Lipinski definition) is 0. The average Bonchev–Trinajstić information content (AvgIpc) is 3.14. The predicted molar refractivity (Wildman–Crippen MR) is 199 cm³/mol. The van der Waals surface area contributed by atoms with E-state index in [-0.39, 0.29) is 24.8 Å². The molecule has 230 valence electrons. The van der Waals surface area contributed by atoms with Crippen LogP contribution in [0.3, 0.4) is 0 Å². The lowest BCUT2D eigenvalue weighted by molar-refractivity contribution is 0.417. The molecule has 1 aliphatic heterocycles. The highest BCUT2D eigenvalue weighted by Gasteiger charge is 2.20. The monoisotopic (exact) mass is 662 g/mol. The Balaban J connectivity index is 0.000000230. The summed E-state index contributed by atoms with van der Waals surface area (Å²) in [5.74, 6) is 0. The Bertz CT molecular complexity index is 1590. The summed E-state index contributed by atoms with van der Waals surface area (Å²) in [6.45, 7) is 2.12. The third-order valence-electron chi connectivity index (χ3n) is 7.42. The molecule has 0 atom stereocenters. The van der Waals surface area contributed by atoms with Crippen LogP contribution in [-0.2, 0) is 0 Å². The molecule has 0 saturated carbocycles. The summed E-state index contributed by atoms with van der Waals surface area (Å²) < 4.78 is 0. The summed E-state index contributed by atoms with van der Waals surface area (Å²) in [5.41, 5.74) is 10.5. The van der Waals surface area contributed by atoms with E-state index in [2.05, 4.69) is 147 Å². The Labute approximate surface area is 285 Å². The van der Waals surface area contributed by atoms with Crippen molar-refractivity contribution in [3.05, 3.63) is 142 Å². The van der Waals surface area contributed by atoms with E-state index in [1.807, 2.05) is 17.8 Å². The summed E-state index contributed by atoms with van der Waals surface area (Å²) in [5, 5.41) is 0.798. The third kappa shape index (κ3) is 8.91. The number of rotatable bonds is 6. The summed E-state index contributed by atoms with van der Waals surface area (Å²) >= 11 is 8.03. The van der Waals surface area contributed by atoms with E-state index in [0.29, 0.717) is 0 Å². The fraction of sp³-hybridized carbons (Fsp3) is 0.211. The van der Waals surface area contributed by atoms with Gasteiger partial charge >= 0.3 is 0 Å². The van der Waals surface area contributed by atoms with Crippen molar-refractivity contribution in [1.29, 1.82) is 0 Å². The van der Waals surface area contributed by atoms with Crippen LogP contribution in [0.25, 0.3) is 23.3 Å². The molecule has 44 heavy (non-hydrogen) atoms. The molecule has 2 nitrogen and oxygen atoms in total. The molecule has 0 spiro atoms. The van der Waals surface area contributed by atoms with E-state index in [1.165, 1.54) is 54.3 Å². The van der Waals surface area contributed by atoms with E-state index < -0.39 is 0 Å². The van der Waals surface area contributed by atoms with Gasteiger partial charge in [0, 0.05) is 27.9 Å². The first kappa shape index (κ1) is 35.7. The van der Waals surface area contributed by atoms with Crippen LogP contribution in [0.15, 0.2) is 113 Å². The molecule has 6 heteroatoms. The Morgan fingerprint density at radius 3 is 1.57 bits per heavy atom. The maximum atomic E-state index is 6.21. The van der Waals surface area contributed by atoms with Crippen LogP contribution in [0, 0.1) is 0 Å². The van der Waals surface area contributed by atoms with Crippen LogP contribution in [0.2, 0.25) is 5.02 Å². The van der Waals surface area contributed by atoms with Crippen molar-refractivity contribution in [2.45, 2.75) is 22.6 Å². The maximum Gasteiger partial charge on any atom is 0.0412 e. The van der Waals surface area contributed by atoms with Gasteiger partial charge in [-0.1, -0.05) is 114 Å². The van der Waals surface area contributed by atoms with Gasteiger partial charge in [0.15, 0.2) is 0 Å². The van der Waals surface area contributed by atoms with Crippen LogP contribution < -0.4 is 0 Å². The molecule has 0 saturated heterocycles. The second-order valence-electron chi connectivity index (χ2n) is 11.2. The van der Waals surface area contributed by atoms with Gasteiger partial charge in [-0.2, -0.15) is 0 Å². The van der Waals surface area contributed by atoms with Crippen LogP contribution in [0.5, 0.6) is 0 Å². The lowest BCUT2D eigenvalue weighted by Crippen LogP contribution is -2.12. The van der Waals surface area contributed by atoms with Gasteiger partial charge in [0.05, 0.1) is 0 Å². The zero-order valence-corrected chi connectivity index (χ0v) is 29.0. The van der Waals surface area contributed by atoms with Crippen molar-refractivity contribution in [2.24, 2.45) is 0 Å².